The van der Waals surface area contributed by atoms with E-state index >= 15 is 0 Å². The molecule has 6 nitrogen and oxygen atoms in total. The molecule has 0 spiro atoms. The van der Waals surface area contributed by atoms with Gasteiger partial charge in [-0.05, 0) is 42.3 Å². The van der Waals surface area contributed by atoms with E-state index < -0.39 is 0 Å². The highest BCUT2D eigenvalue weighted by atomic mass is 16.5. The highest BCUT2D eigenvalue weighted by Crippen LogP contribution is 2.27. The van der Waals surface area contributed by atoms with Gasteiger partial charge in [-0.15, -0.1) is 0 Å². The van der Waals surface area contributed by atoms with Crippen LogP contribution in [0.1, 0.15) is 5.56 Å². The van der Waals surface area contributed by atoms with E-state index in [0.29, 0.717) is 18.2 Å². The Morgan fingerprint density at radius 3 is 2.62 bits per heavy atom. The summed E-state index contributed by atoms with van der Waals surface area (Å²) in [6.07, 6.45) is 2.55. The number of nitrogens with two attached hydrogens (primary N) is 1. The predicted molar refractivity (Wildman–Crippen MR) is 104 cm³/mol. The second-order valence-corrected chi connectivity index (χ2v) is 5.76. The van der Waals surface area contributed by atoms with Gasteiger partial charge in [0, 0.05) is 24.0 Å². The van der Waals surface area contributed by atoms with Gasteiger partial charge >= 0.3 is 0 Å². The van der Waals surface area contributed by atoms with Gasteiger partial charge in [-0.2, -0.15) is 0 Å². The van der Waals surface area contributed by atoms with Crippen LogP contribution in [0.3, 0.4) is 0 Å². The summed E-state index contributed by atoms with van der Waals surface area (Å²) in [4.78, 5) is 8.84. The Bertz CT molecular complexity index is 883. The molecule has 0 amide bonds. The number of nitrogens with zero attached hydrogens (tertiary/aromatic N) is 2. The quantitative estimate of drug-likeness (QED) is 0.636. The molecule has 0 bridgehead atoms. The first-order chi connectivity index (χ1) is 12.7. The lowest BCUT2D eigenvalue weighted by Gasteiger charge is -2.10. The van der Waals surface area contributed by atoms with Crippen molar-refractivity contribution in [3.8, 4) is 22.8 Å². The van der Waals surface area contributed by atoms with Crippen LogP contribution in [0.5, 0.6) is 11.5 Å². The molecule has 2 aromatic carbocycles. The van der Waals surface area contributed by atoms with Crippen LogP contribution in [0.2, 0.25) is 0 Å². The van der Waals surface area contributed by atoms with Crippen LogP contribution < -0.4 is 20.5 Å². The van der Waals surface area contributed by atoms with E-state index in [-0.39, 0.29) is 0 Å². The fraction of sp³-hybridized carbons (Fsp3) is 0.200. The average Bonchev–Trinajstić information content (AvgIpc) is 2.68. The first kappa shape index (κ1) is 17.5. The number of rotatable bonds is 7. The van der Waals surface area contributed by atoms with Crippen LogP contribution in [0, 0.1) is 0 Å². The zero-order chi connectivity index (χ0) is 18.4. The summed E-state index contributed by atoms with van der Waals surface area (Å²) in [5, 5.41) is 3.26. The molecule has 0 aliphatic rings. The molecule has 26 heavy (non-hydrogen) atoms. The highest BCUT2D eigenvalue weighted by molar-refractivity contribution is 5.64. The van der Waals surface area contributed by atoms with E-state index in [1.807, 2.05) is 48.5 Å². The number of hydrogen-bond donors (Lipinski definition) is 2. The van der Waals surface area contributed by atoms with Gasteiger partial charge in [0.15, 0.2) is 11.5 Å². The fourth-order valence-corrected chi connectivity index (χ4v) is 2.66. The van der Waals surface area contributed by atoms with Crippen LogP contribution >= 0.6 is 0 Å². The van der Waals surface area contributed by atoms with Crippen LogP contribution in [-0.2, 0) is 6.42 Å². The van der Waals surface area contributed by atoms with Crippen LogP contribution in [0.4, 0.5) is 11.6 Å². The first-order valence-electron chi connectivity index (χ1n) is 8.33. The number of benzene rings is 2. The second-order valence-electron chi connectivity index (χ2n) is 5.76. The zero-order valence-electron chi connectivity index (χ0n) is 14.9. The minimum absolute atomic E-state index is 0.588. The fourth-order valence-electron chi connectivity index (χ4n) is 2.66. The summed E-state index contributed by atoms with van der Waals surface area (Å²) in [5.74, 6) is 2.04. The summed E-state index contributed by atoms with van der Waals surface area (Å²) < 4.78 is 10.6. The van der Waals surface area contributed by atoms with Gasteiger partial charge in [-0.1, -0.05) is 18.2 Å². The number of aromatic nitrogens is 2. The summed E-state index contributed by atoms with van der Waals surface area (Å²) in [6, 6.07) is 15.4. The molecule has 6 heteroatoms. The van der Waals surface area contributed by atoms with Crippen molar-refractivity contribution in [1.29, 1.82) is 0 Å². The maximum Gasteiger partial charge on any atom is 0.223 e. The number of hydrogen-bond acceptors (Lipinski definition) is 6. The van der Waals surface area contributed by atoms with Crippen molar-refractivity contribution in [2.45, 2.75) is 6.42 Å². The molecule has 1 aromatic heterocycles. The summed E-state index contributed by atoms with van der Waals surface area (Å²) in [6.45, 7) is 0.704. The SMILES string of the molecule is COc1ccc(CCNc2nccc(-c3cccc(N)c3)n2)cc1OC. The average molecular weight is 350 g/mol. The van der Waals surface area contributed by atoms with Gasteiger partial charge < -0.3 is 20.5 Å². The minimum atomic E-state index is 0.588. The van der Waals surface area contributed by atoms with Crippen LogP contribution in [0.25, 0.3) is 11.3 Å². The Morgan fingerprint density at radius 2 is 1.85 bits per heavy atom. The lowest BCUT2D eigenvalue weighted by molar-refractivity contribution is 0.354. The number of ether oxygens (including phenoxy) is 2. The highest BCUT2D eigenvalue weighted by Gasteiger charge is 2.06. The first-order valence-corrected chi connectivity index (χ1v) is 8.33. The van der Waals surface area contributed by atoms with Crippen molar-refractivity contribution >= 4 is 11.6 Å². The van der Waals surface area contributed by atoms with E-state index in [0.717, 1.165) is 34.7 Å². The molecular formula is C20H22N4O2. The van der Waals surface area contributed by atoms with Gasteiger partial charge in [0.25, 0.3) is 0 Å². The monoisotopic (exact) mass is 350 g/mol. The summed E-state index contributed by atoms with van der Waals surface area (Å²) in [5.41, 5.74) is 9.50. The van der Waals surface area contributed by atoms with E-state index in [1.54, 1.807) is 20.4 Å². The van der Waals surface area contributed by atoms with Crippen molar-refractivity contribution in [2.75, 3.05) is 31.8 Å². The third-order valence-corrected chi connectivity index (χ3v) is 3.98. The lowest BCUT2D eigenvalue weighted by atomic mass is 10.1. The van der Waals surface area contributed by atoms with E-state index in [4.69, 9.17) is 15.2 Å². The number of methoxy groups -OCH3 is 2. The molecule has 0 fully saturated rings. The lowest BCUT2D eigenvalue weighted by Crippen LogP contribution is -2.08. The van der Waals surface area contributed by atoms with Crippen LogP contribution in [-0.4, -0.2) is 30.7 Å². The minimum Gasteiger partial charge on any atom is -0.493 e. The maximum absolute atomic E-state index is 5.84. The molecule has 3 N–H and O–H groups in total. The molecule has 1 heterocycles. The standard InChI is InChI=1S/C20H22N4O2/c1-25-18-7-6-14(12-19(18)26-2)8-10-22-20-23-11-9-17(24-20)15-4-3-5-16(21)13-15/h3-7,9,11-13H,8,10,21H2,1-2H3,(H,22,23,24). The van der Waals surface area contributed by atoms with E-state index in [2.05, 4.69) is 15.3 Å². The van der Waals surface area contributed by atoms with Crippen molar-refractivity contribution in [3.63, 3.8) is 0 Å². The Kier molecular flexibility index (Phi) is 5.53. The Hall–Kier alpha value is -3.28. The van der Waals surface area contributed by atoms with Crippen molar-refractivity contribution in [2.24, 2.45) is 0 Å². The van der Waals surface area contributed by atoms with Gasteiger partial charge in [0.2, 0.25) is 5.95 Å². The number of nitrogens with one attached hydrogen (secondary N) is 1. The molecule has 0 radical (unpaired) electrons. The number of anilines is 2. The maximum atomic E-state index is 5.84. The van der Waals surface area contributed by atoms with Crippen molar-refractivity contribution < 1.29 is 9.47 Å². The molecular weight excluding hydrogens is 328 g/mol. The Morgan fingerprint density at radius 1 is 1.00 bits per heavy atom. The topological polar surface area (TPSA) is 82.3 Å². The predicted octanol–water partition coefficient (Wildman–Crippen LogP) is 3.40. The normalized spacial score (nSPS) is 10.4. The molecule has 0 aliphatic carbocycles. The van der Waals surface area contributed by atoms with Gasteiger partial charge in [0.1, 0.15) is 0 Å². The summed E-state index contributed by atoms with van der Waals surface area (Å²) >= 11 is 0. The molecule has 3 aromatic rings. The van der Waals surface area contributed by atoms with Gasteiger partial charge in [-0.25, -0.2) is 9.97 Å². The third kappa shape index (κ3) is 4.22. The largest absolute Gasteiger partial charge is 0.493 e. The third-order valence-electron chi connectivity index (χ3n) is 3.98. The van der Waals surface area contributed by atoms with Gasteiger partial charge in [0.05, 0.1) is 19.9 Å². The van der Waals surface area contributed by atoms with Crippen molar-refractivity contribution in [3.05, 3.63) is 60.3 Å². The zero-order valence-corrected chi connectivity index (χ0v) is 14.9. The van der Waals surface area contributed by atoms with E-state index in [9.17, 15) is 0 Å². The Balaban J connectivity index is 1.64. The van der Waals surface area contributed by atoms with Gasteiger partial charge in [-0.3, -0.25) is 0 Å². The number of nitrogen functional groups attached to an aromatic ring is 1. The molecule has 0 atom stereocenters. The molecule has 3 rings (SSSR count). The molecule has 0 unspecified atom stereocenters. The van der Waals surface area contributed by atoms with E-state index in [1.165, 1.54) is 0 Å². The molecule has 0 aliphatic heterocycles. The second kappa shape index (κ2) is 8.20. The molecule has 0 saturated heterocycles. The van der Waals surface area contributed by atoms with Crippen LogP contribution in [0.15, 0.2) is 54.7 Å². The summed E-state index contributed by atoms with van der Waals surface area (Å²) in [7, 11) is 3.26. The van der Waals surface area contributed by atoms with Crippen molar-refractivity contribution in [1.82, 2.24) is 9.97 Å². The Labute approximate surface area is 153 Å². The molecule has 0 saturated carbocycles. The molecule has 134 valence electrons. The smallest absolute Gasteiger partial charge is 0.223 e.